The topological polar surface area (TPSA) is 97.6 Å². The largest absolute Gasteiger partial charge is 0.493 e. The van der Waals surface area contributed by atoms with E-state index in [4.69, 9.17) is 28.7 Å². The first-order valence-corrected chi connectivity index (χ1v) is 16.9. The number of aromatic nitrogens is 1. The van der Waals surface area contributed by atoms with Crippen molar-refractivity contribution in [1.82, 2.24) is 4.57 Å². The van der Waals surface area contributed by atoms with Crippen molar-refractivity contribution in [3.63, 3.8) is 0 Å². The van der Waals surface area contributed by atoms with Crippen molar-refractivity contribution in [3.05, 3.63) is 127 Å². The number of carbonyl (C=O) groups excluding carboxylic acids is 1. The van der Waals surface area contributed by atoms with Crippen LogP contribution >= 0.6 is 11.3 Å². The maximum absolute atomic E-state index is 14.2. The molecule has 10 heteroatoms. The molecule has 0 amide bonds. The Balaban J connectivity index is 1.38. The molecule has 0 fully saturated rings. The van der Waals surface area contributed by atoms with E-state index in [9.17, 15) is 9.59 Å². The molecule has 0 bridgehead atoms. The lowest BCUT2D eigenvalue weighted by molar-refractivity contribution is -0.139. The molecule has 9 nitrogen and oxygen atoms in total. The Labute approximate surface area is 288 Å². The van der Waals surface area contributed by atoms with E-state index < -0.39 is 12.0 Å². The first-order valence-electron chi connectivity index (χ1n) is 16.0. The van der Waals surface area contributed by atoms with E-state index in [1.807, 2.05) is 56.3 Å². The minimum Gasteiger partial charge on any atom is -0.493 e. The lowest BCUT2D eigenvalue weighted by Gasteiger charge is -2.25. The van der Waals surface area contributed by atoms with Crippen LogP contribution in [-0.4, -0.2) is 37.5 Å². The normalized spacial score (nSPS) is 14.4. The number of nitrogens with zero attached hydrogens (tertiary/aromatic N) is 2. The van der Waals surface area contributed by atoms with Crippen LogP contribution in [-0.2, 0) is 16.1 Å². The maximum Gasteiger partial charge on any atom is 0.338 e. The molecular formula is C39H38N2O7S. The van der Waals surface area contributed by atoms with Gasteiger partial charge in [0.25, 0.3) is 5.56 Å². The average molecular weight is 679 g/mol. The Kier molecular flexibility index (Phi) is 9.87. The van der Waals surface area contributed by atoms with Crippen molar-refractivity contribution in [3.8, 4) is 23.0 Å². The fourth-order valence-electron chi connectivity index (χ4n) is 5.93. The van der Waals surface area contributed by atoms with Crippen LogP contribution in [0.1, 0.15) is 50.4 Å². The van der Waals surface area contributed by atoms with Gasteiger partial charge in [-0.3, -0.25) is 9.36 Å². The highest BCUT2D eigenvalue weighted by atomic mass is 32.1. The van der Waals surface area contributed by atoms with E-state index in [1.54, 1.807) is 50.8 Å². The third-order valence-electron chi connectivity index (χ3n) is 8.13. The number of thiazole rings is 1. The lowest BCUT2D eigenvalue weighted by atomic mass is 9.95. The van der Waals surface area contributed by atoms with Gasteiger partial charge in [-0.25, -0.2) is 9.79 Å². The van der Waals surface area contributed by atoms with Crippen LogP contribution in [0.3, 0.4) is 0 Å². The number of ether oxygens (including phenoxy) is 5. The fourth-order valence-corrected chi connectivity index (χ4v) is 6.98. The Bertz CT molecular complexity index is 2240. The summed E-state index contributed by atoms with van der Waals surface area (Å²) in [6, 6.07) is 24.5. The number of allylic oxidation sites excluding steroid dienone is 1. The molecule has 0 saturated carbocycles. The summed E-state index contributed by atoms with van der Waals surface area (Å²) in [4.78, 5) is 32.7. The van der Waals surface area contributed by atoms with Crippen molar-refractivity contribution in [2.75, 3.05) is 20.8 Å². The minimum atomic E-state index is -0.793. The molecule has 5 aromatic rings. The number of hydrogen-bond acceptors (Lipinski definition) is 9. The van der Waals surface area contributed by atoms with Crippen molar-refractivity contribution >= 4 is 34.2 Å². The number of carbonyl (C=O) groups is 1. The van der Waals surface area contributed by atoms with Crippen LogP contribution < -0.4 is 33.8 Å². The third kappa shape index (κ3) is 6.82. The monoisotopic (exact) mass is 678 g/mol. The number of hydrogen-bond donors (Lipinski definition) is 0. The van der Waals surface area contributed by atoms with Crippen LogP contribution in [0.4, 0.5) is 0 Å². The highest BCUT2D eigenvalue weighted by molar-refractivity contribution is 7.07. The third-order valence-corrected chi connectivity index (χ3v) is 9.11. The van der Waals surface area contributed by atoms with Gasteiger partial charge in [0.15, 0.2) is 27.8 Å². The molecular weight excluding hydrogens is 641 g/mol. The molecule has 1 aliphatic heterocycles. The van der Waals surface area contributed by atoms with E-state index in [1.165, 1.54) is 11.3 Å². The van der Waals surface area contributed by atoms with E-state index >= 15 is 0 Å². The van der Waals surface area contributed by atoms with Crippen molar-refractivity contribution < 1.29 is 28.5 Å². The van der Waals surface area contributed by atoms with Gasteiger partial charge in [0.2, 0.25) is 0 Å². The van der Waals surface area contributed by atoms with Crippen LogP contribution in [0.15, 0.2) is 99.9 Å². The highest BCUT2D eigenvalue weighted by Crippen LogP contribution is 2.37. The zero-order chi connectivity index (χ0) is 34.7. The fraction of sp³-hybridized carbons (Fsp3) is 0.256. The quantitative estimate of drug-likeness (QED) is 0.151. The summed E-state index contributed by atoms with van der Waals surface area (Å²) in [7, 11) is 3.14. The predicted molar refractivity (Wildman–Crippen MR) is 190 cm³/mol. The van der Waals surface area contributed by atoms with Gasteiger partial charge in [-0.1, -0.05) is 65.9 Å². The molecule has 2 heterocycles. The van der Waals surface area contributed by atoms with Gasteiger partial charge in [-0.15, -0.1) is 0 Å². The standard InChI is InChI=1S/C39H38N2O7S/c1-7-46-38(43)35-24(4)40-39-41(36(35)27-16-18-31(48-23(2)3)33(21-27)45-6)37(42)34(49-39)20-25-15-17-30(32(19-25)44-5)47-22-28-13-10-12-26-11-8-9-14-29(26)28/h8-21,23,36H,7,22H2,1-6H3/b34-20-/t36-/m0/s1. The second-order valence-corrected chi connectivity index (χ2v) is 12.7. The Hall–Kier alpha value is -5.35. The number of esters is 1. The van der Waals surface area contributed by atoms with E-state index in [0.29, 0.717) is 50.2 Å². The zero-order valence-electron chi connectivity index (χ0n) is 28.3. The zero-order valence-corrected chi connectivity index (χ0v) is 29.1. The summed E-state index contributed by atoms with van der Waals surface area (Å²) in [5.41, 5.74) is 2.94. The number of benzene rings is 4. The molecule has 0 aliphatic carbocycles. The highest BCUT2D eigenvalue weighted by Gasteiger charge is 2.34. The average Bonchev–Trinajstić information content (AvgIpc) is 3.40. The SMILES string of the molecule is CCOC(=O)C1=C(C)N=c2s/c(=C\c3ccc(OCc4cccc5ccccc45)c(OC)c3)c(=O)n2[C@H]1c1ccc(OC(C)C)c(OC)c1. The smallest absolute Gasteiger partial charge is 0.338 e. The summed E-state index contributed by atoms with van der Waals surface area (Å²) in [5, 5.41) is 2.28. The molecule has 252 valence electrons. The van der Waals surface area contributed by atoms with Gasteiger partial charge < -0.3 is 23.7 Å². The van der Waals surface area contributed by atoms with Gasteiger partial charge in [-0.05, 0) is 85.5 Å². The molecule has 0 radical (unpaired) electrons. The van der Waals surface area contributed by atoms with Gasteiger partial charge >= 0.3 is 5.97 Å². The summed E-state index contributed by atoms with van der Waals surface area (Å²) in [6.45, 7) is 7.91. The molecule has 1 aliphatic rings. The van der Waals surface area contributed by atoms with Crippen LogP contribution in [0, 0.1) is 0 Å². The molecule has 0 N–H and O–H groups in total. The second-order valence-electron chi connectivity index (χ2n) is 11.7. The first-order chi connectivity index (χ1) is 23.7. The number of rotatable bonds is 11. The molecule has 4 aromatic carbocycles. The first kappa shape index (κ1) is 33.5. The molecule has 0 unspecified atom stereocenters. The molecule has 0 spiro atoms. The van der Waals surface area contributed by atoms with E-state index in [-0.39, 0.29) is 23.8 Å². The number of methoxy groups -OCH3 is 2. The Morgan fingerprint density at radius 3 is 2.43 bits per heavy atom. The van der Waals surface area contributed by atoms with E-state index in [2.05, 4.69) is 24.3 Å². The maximum atomic E-state index is 14.2. The molecule has 1 aromatic heterocycles. The number of fused-ring (bicyclic) bond motifs is 2. The van der Waals surface area contributed by atoms with Gasteiger partial charge in [0.1, 0.15) is 6.61 Å². The summed E-state index contributed by atoms with van der Waals surface area (Å²) < 4.78 is 30.9. The Morgan fingerprint density at radius 1 is 0.939 bits per heavy atom. The van der Waals surface area contributed by atoms with Crippen LogP contribution in [0.2, 0.25) is 0 Å². The van der Waals surface area contributed by atoms with Crippen LogP contribution in [0.5, 0.6) is 23.0 Å². The molecule has 49 heavy (non-hydrogen) atoms. The summed E-state index contributed by atoms with van der Waals surface area (Å²) in [5.74, 6) is 1.64. The molecule has 6 rings (SSSR count). The summed E-state index contributed by atoms with van der Waals surface area (Å²) in [6.07, 6.45) is 1.72. The van der Waals surface area contributed by atoms with E-state index in [0.717, 1.165) is 21.9 Å². The van der Waals surface area contributed by atoms with Crippen molar-refractivity contribution in [2.45, 2.75) is 46.4 Å². The molecule has 1 atom stereocenters. The van der Waals surface area contributed by atoms with Crippen molar-refractivity contribution in [1.29, 1.82) is 0 Å². The second kappa shape index (κ2) is 14.4. The minimum absolute atomic E-state index is 0.0712. The van der Waals surface area contributed by atoms with Crippen LogP contribution in [0.25, 0.3) is 16.8 Å². The molecule has 0 saturated heterocycles. The van der Waals surface area contributed by atoms with Gasteiger partial charge in [-0.2, -0.15) is 0 Å². The van der Waals surface area contributed by atoms with Gasteiger partial charge in [0, 0.05) is 0 Å². The Morgan fingerprint density at radius 2 is 1.67 bits per heavy atom. The lowest BCUT2D eigenvalue weighted by Crippen LogP contribution is -2.40. The van der Waals surface area contributed by atoms with Crippen molar-refractivity contribution in [2.24, 2.45) is 4.99 Å². The van der Waals surface area contributed by atoms with Gasteiger partial charge in [0.05, 0.1) is 48.8 Å². The summed E-state index contributed by atoms with van der Waals surface area (Å²) >= 11 is 1.25. The predicted octanol–water partition coefficient (Wildman–Crippen LogP) is 6.33.